The lowest BCUT2D eigenvalue weighted by Crippen LogP contribution is -2.12. The van der Waals surface area contributed by atoms with Gasteiger partial charge in [-0.3, -0.25) is 0 Å². The van der Waals surface area contributed by atoms with E-state index in [1.54, 1.807) is 14.2 Å². The number of hydrogen-bond donors (Lipinski definition) is 0. The van der Waals surface area contributed by atoms with Gasteiger partial charge in [-0.2, -0.15) is 0 Å². The second kappa shape index (κ2) is 8.60. The molecule has 0 aromatic heterocycles. The zero-order valence-electron chi connectivity index (χ0n) is 9.39. The first-order valence-corrected chi connectivity index (χ1v) is 6.70. The van der Waals surface area contributed by atoms with Crippen molar-refractivity contribution in [2.75, 3.05) is 27.4 Å². The topological polar surface area (TPSA) is 57.3 Å². The second-order valence-corrected chi connectivity index (χ2v) is 4.91. The van der Waals surface area contributed by atoms with E-state index in [0.717, 1.165) is 6.08 Å². The molecular weight excluding hydrogens is 216 g/mol. The van der Waals surface area contributed by atoms with Crippen molar-refractivity contribution in [1.82, 2.24) is 0 Å². The Bertz CT molecular complexity index is 189. The molecule has 0 aromatic carbocycles. The van der Waals surface area contributed by atoms with Crippen LogP contribution in [-0.4, -0.2) is 48.8 Å². The molecule has 0 aliphatic carbocycles. The first-order chi connectivity index (χ1) is 7.13. The van der Waals surface area contributed by atoms with Crippen LogP contribution in [0.15, 0.2) is 12.7 Å². The molecule has 0 radical (unpaired) electrons. The molecule has 1 unspecified atom stereocenters. The van der Waals surface area contributed by atoms with Gasteiger partial charge in [-0.15, -0.1) is 0 Å². The highest BCUT2D eigenvalue weighted by molar-refractivity contribution is 6.42. The van der Waals surface area contributed by atoms with Crippen LogP contribution in [0.2, 0.25) is 6.55 Å². The number of carbonyl (C=O) groups excluding carboxylic acids is 1. The Balaban J connectivity index is 0.000000288. The molecule has 1 aliphatic heterocycles. The molecule has 0 spiro atoms. The number of carbonyl (C=O) groups is 1. The molecule has 1 aliphatic rings. The maximum absolute atomic E-state index is 10.3. The minimum atomic E-state index is -1.16. The van der Waals surface area contributed by atoms with E-state index in [0.29, 0.717) is 13.2 Å². The van der Waals surface area contributed by atoms with Crippen LogP contribution >= 0.6 is 0 Å². The summed E-state index contributed by atoms with van der Waals surface area (Å²) in [5, 5.41) is 0. The molecule has 1 fully saturated rings. The lowest BCUT2D eigenvalue weighted by molar-refractivity contribution is -0.138. The lowest BCUT2D eigenvalue weighted by Gasteiger charge is -2.00. The standard InChI is InChI=1S/C6H8O3.C3H10O2Si/c1-2-6(7)9-4-5-3-8-5;1-4-6(3)5-2/h2,5H,1,3-4H2;6H,1-3H3. The molecule has 5 nitrogen and oxygen atoms in total. The molecular formula is C9H18O5Si. The number of rotatable bonds is 5. The van der Waals surface area contributed by atoms with E-state index in [-0.39, 0.29) is 12.1 Å². The molecule has 15 heavy (non-hydrogen) atoms. The van der Waals surface area contributed by atoms with Gasteiger partial charge in [0.25, 0.3) is 0 Å². The Morgan fingerprint density at radius 3 is 2.40 bits per heavy atom. The van der Waals surface area contributed by atoms with Crippen LogP contribution in [-0.2, 0) is 23.1 Å². The van der Waals surface area contributed by atoms with E-state index in [2.05, 4.69) is 11.3 Å². The summed E-state index contributed by atoms with van der Waals surface area (Å²) >= 11 is 0. The summed E-state index contributed by atoms with van der Waals surface area (Å²) < 4.78 is 19.1. The second-order valence-electron chi connectivity index (χ2n) is 2.83. The summed E-state index contributed by atoms with van der Waals surface area (Å²) in [4.78, 5) is 10.3. The minimum Gasteiger partial charge on any atom is -0.460 e. The van der Waals surface area contributed by atoms with E-state index in [9.17, 15) is 4.79 Å². The molecule has 1 rings (SSSR count). The molecule has 1 heterocycles. The maximum Gasteiger partial charge on any atom is 0.330 e. The third-order valence-electron chi connectivity index (χ3n) is 1.64. The highest BCUT2D eigenvalue weighted by atomic mass is 28.3. The SMILES string of the molecule is C=CC(=O)OCC1CO1.CO[SiH](C)OC. The summed E-state index contributed by atoms with van der Waals surface area (Å²) in [7, 11) is 2.17. The molecule has 88 valence electrons. The van der Waals surface area contributed by atoms with Crippen molar-refractivity contribution in [3.05, 3.63) is 12.7 Å². The van der Waals surface area contributed by atoms with Crippen molar-refractivity contribution in [3.63, 3.8) is 0 Å². The average molecular weight is 234 g/mol. The fraction of sp³-hybridized carbons (Fsp3) is 0.667. The van der Waals surface area contributed by atoms with Gasteiger partial charge in [0.05, 0.1) is 6.61 Å². The maximum atomic E-state index is 10.3. The monoisotopic (exact) mass is 234 g/mol. The van der Waals surface area contributed by atoms with Crippen LogP contribution in [0.4, 0.5) is 0 Å². The quantitative estimate of drug-likeness (QED) is 0.295. The van der Waals surface area contributed by atoms with Crippen molar-refractivity contribution in [3.8, 4) is 0 Å². The molecule has 1 saturated heterocycles. The summed E-state index contributed by atoms with van der Waals surface area (Å²) in [5.41, 5.74) is 0. The third kappa shape index (κ3) is 9.61. The highest BCUT2D eigenvalue weighted by Gasteiger charge is 2.23. The summed E-state index contributed by atoms with van der Waals surface area (Å²) in [6.07, 6.45) is 1.29. The van der Waals surface area contributed by atoms with Crippen LogP contribution in [0.5, 0.6) is 0 Å². The number of ether oxygens (including phenoxy) is 2. The van der Waals surface area contributed by atoms with Gasteiger partial charge in [-0.1, -0.05) is 6.58 Å². The third-order valence-corrected chi connectivity index (χ3v) is 2.97. The van der Waals surface area contributed by atoms with Gasteiger partial charge in [0.2, 0.25) is 0 Å². The Labute approximate surface area is 91.8 Å². The van der Waals surface area contributed by atoms with Crippen LogP contribution in [0.1, 0.15) is 0 Å². The molecule has 0 N–H and O–H groups in total. The molecule has 0 saturated carbocycles. The van der Waals surface area contributed by atoms with Crippen molar-refractivity contribution < 1.29 is 23.1 Å². The van der Waals surface area contributed by atoms with Gasteiger partial charge in [0.15, 0.2) is 0 Å². The van der Waals surface area contributed by atoms with Crippen molar-refractivity contribution in [1.29, 1.82) is 0 Å². The first-order valence-electron chi connectivity index (χ1n) is 4.60. The summed E-state index contributed by atoms with van der Waals surface area (Å²) in [6.45, 7) is 6.29. The zero-order chi connectivity index (χ0) is 11.7. The largest absolute Gasteiger partial charge is 0.460 e. The normalized spacial score (nSPS) is 17.7. The first kappa shape index (κ1) is 14.3. The number of epoxide rings is 1. The van der Waals surface area contributed by atoms with Crippen LogP contribution in [0.25, 0.3) is 0 Å². The molecule has 6 heteroatoms. The van der Waals surface area contributed by atoms with E-state index in [1.807, 2.05) is 6.55 Å². The van der Waals surface area contributed by atoms with Crippen molar-refractivity contribution in [2.24, 2.45) is 0 Å². The fourth-order valence-electron chi connectivity index (χ4n) is 0.494. The minimum absolute atomic E-state index is 0.147. The van der Waals surface area contributed by atoms with Gasteiger partial charge in [-0.05, 0) is 6.55 Å². The van der Waals surface area contributed by atoms with Crippen LogP contribution < -0.4 is 0 Å². The van der Waals surface area contributed by atoms with E-state index in [1.165, 1.54) is 0 Å². The predicted molar refractivity (Wildman–Crippen MR) is 57.9 cm³/mol. The van der Waals surface area contributed by atoms with Gasteiger partial charge >= 0.3 is 15.3 Å². The Hall–Kier alpha value is -0.693. The zero-order valence-corrected chi connectivity index (χ0v) is 10.5. The van der Waals surface area contributed by atoms with E-state index < -0.39 is 9.28 Å². The molecule has 0 aromatic rings. The Morgan fingerprint density at radius 2 is 2.13 bits per heavy atom. The van der Waals surface area contributed by atoms with Crippen molar-refractivity contribution >= 4 is 15.3 Å². The fourth-order valence-corrected chi connectivity index (χ4v) is 0.687. The van der Waals surface area contributed by atoms with E-state index in [4.69, 9.17) is 13.6 Å². The molecule has 0 bridgehead atoms. The van der Waals surface area contributed by atoms with Crippen molar-refractivity contribution in [2.45, 2.75) is 12.7 Å². The van der Waals surface area contributed by atoms with Crippen LogP contribution in [0, 0.1) is 0 Å². The van der Waals surface area contributed by atoms with Crippen LogP contribution in [0.3, 0.4) is 0 Å². The number of hydrogen-bond acceptors (Lipinski definition) is 5. The number of esters is 1. The molecule has 0 amide bonds. The van der Waals surface area contributed by atoms with Gasteiger partial charge in [0.1, 0.15) is 12.7 Å². The van der Waals surface area contributed by atoms with Gasteiger partial charge < -0.3 is 18.3 Å². The average Bonchev–Trinajstić information content (AvgIpc) is 3.09. The van der Waals surface area contributed by atoms with Gasteiger partial charge in [-0.25, -0.2) is 4.79 Å². The summed E-state index contributed by atoms with van der Waals surface area (Å²) in [5.74, 6) is -0.384. The smallest absolute Gasteiger partial charge is 0.330 e. The van der Waals surface area contributed by atoms with E-state index >= 15 is 0 Å². The Kier molecular flexibility index (Phi) is 8.20. The lowest BCUT2D eigenvalue weighted by atomic mass is 10.5. The predicted octanol–water partition coefficient (Wildman–Crippen LogP) is 0.244. The molecule has 1 atom stereocenters. The Morgan fingerprint density at radius 1 is 1.60 bits per heavy atom. The summed E-state index contributed by atoms with van der Waals surface area (Å²) in [6, 6.07) is 0. The van der Waals surface area contributed by atoms with Gasteiger partial charge in [0, 0.05) is 20.3 Å². The highest BCUT2D eigenvalue weighted by Crippen LogP contribution is 2.08.